The van der Waals surface area contributed by atoms with Gasteiger partial charge >= 0.3 is 0 Å². The quantitative estimate of drug-likeness (QED) is 0.458. The third kappa shape index (κ3) is 4.20. The lowest BCUT2D eigenvalue weighted by Gasteiger charge is -2.46. The van der Waals surface area contributed by atoms with Gasteiger partial charge in [-0.2, -0.15) is 0 Å². The highest BCUT2D eigenvalue weighted by molar-refractivity contribution is 6.03. The zero-order valence-electron chi connectivity index (χ0n) is 19.9. The second-order valence-electron chi connectivity index (χ2n) is 10.5. The third-order valence-electron chi connectivity index (χ3n) is 6.78. The summed E-state index contributed by atoms with van der Waals surface area (Å²) in [4.78, 5) is 29.5. The number of amides is 2. The minimum absolute atomic E-state index is 0.0197. The van der Waals surface area contributed by atoms with E-state index in [4.69, 9.17) is 0 Å². The van der Waals surface area contributed by atoms with Crippen LogP contribution >= 0.6 is 0 Å². The first-order valence-corrected chi connectivity index (χ1v) is 12.1. The molecule has 3 aliphatic carbocycles. The Morgan fingerprint density at radius 2 is 1.84 bits per heavy atom. The van der Waals surface area contributed by atoms with Gasteiger partial charge < -0.3 is 10.2 Å². The van der Waals surface area contributed by atoms with E-state index in [0.717, 1.165) is 36.8 Å². The van der Waals surface area contributed by atoms with Crippen LogP contribution in [0.1, 0.15) is 65.4 Å². The molecular weight excluding hydrogens is 396 g/mol. The summed E-state index contributed by atoms with van der Waals surface area (Å²) in [7, 11) is 0. The second-order valence-corrected chi connectivity index (χ2v) is 10.5. The van der Waals surface area contributed by atoms with Crippen LogP contribution in [0.15, 0.2) is 65.8 Å². The molecule has 1 spiro atoms. The molecular formula is C28H36N2O2. The van der Waals surface area contributed by atoms with Crippen LogP contribution in [0.25, 0.3) is 0 Å². The van der Waals surface area contributed by atoms with E-state index in [1.54, 1.807) is 0 Å². The number of carbonyl (C=O) groups is 2. The molecule has 5 rings (SSSR count). The summed E-state index contributed by atoms with van der Waals surface area (Å²) < 4.78 is 0. The Kier molecular flexibility index (Phi) is 6.15. The SMILES string of the molecule is CCCCCC(C(=O)NC(C)(C)C)N1C(=O)C(Cc2ccccc2)=C2CC3C=CC21C=C3. The molecule has 2 bridgehead atoms. The molecule has 1 N–H and O–H groups in total. The largest absolute Gasteiger partial charge is 0.350 e. The van der Waals surface area contributed by atoms with E-state index >= 15 is 0 Å². The molecule has 2 amide bonds. The van der Waals surface area contributed by atoms with Crippen molar-refractivity contribution in [3.63, 3.8) is 0 Å². The Labute approximate surface area is 192 Å². The lowest BCUT2D eigenvalue weighted by molar-refractivity contribution is -0.140. The van der Waals surface area contributed by atoms with Gasteiger partial charge in [-0.05, 0) is 50.7 Å². The average Bonchev–Trinajstić information content (AvgIpc) is 2.99. The zero-order chi connectivity index (χ0) is 22.9. The fraction of sp³-hybridized carbons (Fsp3) is 0.500. The summed E-state index contributed by atoms with van der Waals surface area (Å²) in [6.45, 7) is 8.14. The van der Waals surface area contributed by atoms with Gasteiger partial charge in [0.2, 0.25) is 5.91 Å². The van der Waals surface area contributed by atoms with Crippen molar-refractivity contribution in [1.29, 1.82) is 0 Å². The van der Waals surface area contributed by atoms with Crippen LogP contribution in [-0.4, -0.2) is 33.8 Å². The summed E-state index contributed by atoms with van der Waals surface area (Å²) in [6.07, 6.45) is 14.0. The van der Waals surface area contributed by atoms with Crippen LogP contribution in [0.4, 0.5) is 0 Å². The molecule has 1 atom stereocenters. The highest BCUT2D eigenvalue weighted by Gasteiger charge is 2.55. The van der Waals surface area contributed by atoms with Gasteiger partial charge in [0.05, 0.1) is 0 Å². The first-order chi connectivity index (χ1) is 15.2. The smallest absolute Gasteiger partial charge is 0.252 e. The number of nitrogens with zero attached hydrogens (tertiary/aromatic N) is 1. The van der Waals surface area contributed by atoms with Crippen molar-refractivity contribution >= 4 is 11.8 Å². The number of unbranched alkanes of at least 4 members (excludes halogenated alkanes) is 2. The molecule has 4 heteroatoms. The van der Waals surface area contributed by atoms with Gasteiger partial charge in [0.15, 0.2) is 0 Å². The molecule has 1 aromatic carbocycles. The molecule has 0 fully saturated rings. The Morgan fingerprint density at radius 1 is 1.16 bits per heavy atom. The number of allylic oxidation sites excluding steroid dienone is 2. The van der Waals surface area contributed by atoms with E-state index in [9.17, 15) is 9.59 Å². The Balaban J connectivity index is 1.73. The van der Waals surface area contributed by atoms with E-state index < -0.39 is 11.6 Å². The van der Waals surface area contributed by atoms with E-state index in [-0.39, 0.29) is 17.4 Å². The lowest BCUT2D eigenvalue weighted by atomic mass is 9.71. The minimum Gasteiger partial charge on any atom is -0.350 e. The summed E-state index contributed by atoms with van der Waals surface area (Å²) >= 11 is 0. The van der Waals surface area contributed by atoms with Gasteiger partial charge in [0, 0.05) is 17.5 Å². The van der Waals surface area contributed by atoms with E-state index in [1.807, 2.05) is 43.9 Å². The van der Waals surface area contributed by atoms with Crippen molar-refractivity contribution in [2.45, 2.75) is 83.3 Å². The maximum Gasteiger partial charge on any atom is 0.252 e. The van der Waals surface area contributed by atoms with E-state index in [0.29, 0.717) is 18.8 Å². The predicted octanol–water partition coefficient (Wildman–Crippen LogP) is 5.12. The normalized spacial score (nSPS) is 24.8. The maximum absolute atomic E-state index is 14.0. The fourth-order valence-electron chi connectivity index (χ4n) is 5.31. The first-order valence-electron chi connectivity index (χ1n) is 12.1. The number of carbonyl (C=O) groups excluding carboxylic acids is 2. The Hall–Kier alpha value is -2.62. The molecule has 0 saturated heterocycles. The van der Waals surface area contributed by atoms with Crippen molar-refractivity contribution in [3.8, 4) is 0 Å². The predicted molar refractivity (Wildman–Crippen MR) is 129 cm³/mol. The Bertz CT molecular complexity index is 951. The van der Waals surface area contributed by atoms with Gasteiger partial charge in [0.1, 0.15) is 11.6 Å². The number of benzene rings is 1. The van der Waals surface area contributed by atoms with Gasteiger partial charge in [0.25, 0.3) is 5.91 Å². The number of nitrogens with one attached hydrogen (secondary N) is 1. The topological polar surface area (TPSA) is 49.4 Å². The lowest BCUT2D eigenvalue weighted by Crippen LogP contribution is -2.60. The van der Waals surface area contributed by atoms with Gasteiger partial charge in [-0.3, -0.25) is 9.59 Å². The Morgan fingerprint density at radius 3 is 2.47 bits per heavy atom. The fourth-order valence-corrected chi connectivity index (χ4v) is 5.31. The van der Waals surface area contributed by atoms with Crippen LogP contribution in [-0.2, 0) is 16.0 Å². The number of rotatable bonds is 8. The maximum atomic E-state index is 14.0. The van der Waals surface area contributed by atoms with E-state index in [1.165, 1.54) is 5.57 Å². The summed E-state index contributed by atoms with van der Waals surface area (Å²) in [5.74, 6) is 0.310. The third-order valence-corrected chi connectivity index (χ3v) is 6.78. The molecule has 1 heterocycles. The van der Waals surface area contributed by atoms with E-state index in [2.05, 4.69) is 48.7 Å². The van der Waals surface area contributed by atoms with Crippen LogP contribution in [0.2, 0.25) is 0 Å². The summed E-state index contributed by atoms with van der Waals surface area (Å²) in [5.41, 5.74) is 2.25. The molecule has 0 aromatic heterocycles. The summed E-state index contributed by atoms with van der Waals surface area (Å²) in [6, 6.07) is 9.71. The van der Waals surface area contributed by atoms with Crippen molar-refractivity contribution in [2.24, 2.45) is 5.92 Å². The average molecular weight is 433 g/mol. The molecule has 4 aliphatic rings. The second kappa shape index (κ2) is 8.73. The molecule has 1 aliphatic heterocycles. The van der Waals surface area contributed by atoms with Crippen molar-refractivity contribution in [3.05, 3.63) is 71.3 Å². The summed E-state index contributed by atoms with van der Waals surface area (Å²) in [5, 5.41) is 3.16. The first kappa shape index (κ1) is 22.6. The van der Waals surface area contributed by atoms with Crippen LogP contribution in [0, 0.1) is 5.92 Å². The van der Waals surface area contributed by atoms with Crippen molar-refractivity contribution in [2.75, 3.05) is 0 Å². The molecule has 32 heavy (non-hydrogen) atoms. The van der Waals surface area contributed by atoms with Gasteiger partial charge in [-0.15, -0.1) is 0 Å². The molecule has 0 radical (unpaired) electrons. The molecule has 0 saturated carbocycles. The molecule has 4 nitrogen and oxygen atoms in total. The standard InChI is InChI=1S/C28H36N2O2/c1-5-6-8-13-24(25(31)29-27(2,3)4)30-26(32)22(18-20-11-9-7-10-12-20)23-19-21-14-16-28(23,30)17-15-21/h7,9-12,14-17,21,24H,5-6,8,13,18-19H2,1-4H3,(H,29,31). The number of hydrogen-bond donors (Lipinski definition) is 1. The minimum atomic E-state index is -0.595. The molecule has 1 unspecified atom stereocenters. The van der Waals surface area contributed by atoms with Crippen LogP contribution < -0.4 is 5.32 Å². The monoisotopic (exact) mass is 432 g/mol. The van der Waals surface area contributed by atoms with Gasteiger partial charge in [-0.1, -0.05) is 80.8 Å². The van der Waals surface area contributed by atoms with Crippen LogP contribution in [0.5, 0.6) is 0 Å². The highest BCUT2D eigenvalue weighted by atomic mass is 16.2. The van der Waals surface area contributed by atoms with Gasteiger partial charge in [-0.25, -0.2) is 0 Å². The number of hydrogen-bond acceptors (Lipinski definition) is 2. The van der Waals surface area contributed by atoms with Crippen molar-refractivity contribution in [1.82, 2.24) is 10.2 Å². The van der Waals surface area contributed by atoms with Crippen LogP contribution in [0.3, 0.4) is 0 Å². The van der Waals surface area contributed by atoms with Crippen molar-refractivity contribution < 1.29 is 9.59 Å². The molecule has 170 valence electrons. The molecule has 1 aromatic rings. The zero-order valence-corrected chi connectivity index (χ0v) is 19.9. The highest BCUT2D eigenvalue weighted by Crippen LogP contribution is 2.50.